The van der Waals surface area contributed by atoms with Crippen LogP contribution in [-0.2, 0) is 17.6 Å². The number of H-pyrrole nitrogens is 1. The van der Waals surface area contributed by atoms with Gasteiger partial charge in [-0.1, -0.05) is 25.1 Å². The van der Waals surface area contributed by atoms with E-state index in [1.165, 1.54) is 11.3 Å². The molecular weight excluding hydrogens is 340 g/mol. The maximum Gasteiger partial charge on any atom is 0.254 e. The average molecular weight is 368 g/mol. The number of anilines is 1. The Hall–Kier alpha value is -2.63. The van der Waals surface area contributed by atoms with Gasteiger partial charge in [0.15, 0.2) is 0 Å². The molecular formula is C21H28N4O2. The Labute approximate surface area is 160 Å². The molecule has 0 radical (unpaired) electrons. The summed E-state index contributed by atoms with van der Waals surface area (Å²) in [5, 5.41) is 0. The Kier molecular flexibility index (Phi) is 5.63. The number of benzene rings is 1. The summed E-state index contributed by atoms with van der Waals surface area (Å²) in [7, 11) is 0. The van der Waals surface area contributed by atoms with Crippen LogP contribution in [0.15, 0.2) is 29.1 Å². The zero-order chi connectivity index (χ0) is 19.6. The van der Waals surface area contributed by atoms with Crippen molar-refractivity contribution in [2.45, 2.75) is 46.6 Å². The molecule has 0 bridgehead atoms. The lowest BCUT2D eigenvalue weighted by atomic mass is 10.1. The lowest BCUT2D eigenvalue weighted by molar-refractivity contribution is -0.132. The van der Waals surface area contributed by atoms with E-state index in [0.717, 1.165) is 13.1 Å². The number of para-hydroxylation sites is 1. The molecule has 6 nitrogen and oxygen atoms in total. The molecule has 0 saturated carbocycles. The zero-order valence-corrected chi connectivity index (χ0v) is 16.6. The van der Waals surface area contributed by atoms with Crippen LogP contribution in [-0.4, -0.2) is 46.5 Å². The van der Waals surface area contributed by atoms with Crippen LogP contribution in [0.5, 0.6) is 0 Å². The molecule has 2 aromatic rings. The fourth-order valence-electron chi connectivity index (χ4n) is 3.76. The maximum absolute atomic E-state index is 12.9. The second-order valence-electron chi connectivity index (χ2n) is 7.28. The molecule has 1 fully saturated rings. The van der Waals surface area contributed by atoms with Crippen LogP contribution < -0.4 is 10.5 Å². The van der Waals surface area contributed by atoms with Gasteiger partial charge in [0.1, 0.15) is 5.82 Å². The predicted molar refractivity (Wildman–Crippen MR) is 107 cm³/mol. The van der Waals surface area contributed by atoms with Gasteiger partial charge in [0.05, 0.1) is 6.42 Å². The number of aromatic amines is 1. The zero-order valence-electron chi connectivity index (χ0n) is 16.6. The van der Waals surface area contributed by atoms with Gasteiger partial charge in [-0.2, -0.15) is 0 Å². The topological polar surface area (TPSA) is 69.3 Å². The number of nitrogens with zero attached hydrogens (tertiary/aromatic N) is 3. The Morgan fingerprint density at radius 1 is 1.26 bits per heavy atom. The van der Waals surface area contributed by atoms with Crippen molar-refractivity contribution in [2.75, 3.05) is 24.5 Å². The highest BCUT2D eigenvalue weighted by Gasteiger charge is 2.28. The van der Waals surface area contributed by atoms with Crippen molar-refractivity contribution in [3.63, 3.8) is 0 Å². The Bertz CT molecular complexity index is 890. The largest absolute Gasteiger partial charge is 0.367 e. The van der Waals surface area contributed by atoms with Gasteiger partial charge in [0.2, 0.25) is 5.91 Å². The minimum Gasteiger partial charge on any atom is -0.367 e. The first-order valence-electron chi connectivity index (χ1n) is 9.59. The van der Waals surface area contributed by atoms with Crippen molar-refractivity contribution < 1.29 is 4.79 Å². The van der Waals surface area contributed by atoms with Crippen molar-refractivity contribution in [1.29, 1.82) is 0 Å². The predicted octanol–water partition coefficient (Wildman–Crippen LogP) is 2.23. The van der Waals surface area contributed by atoms with Crippen molar-refractivity contribution in [1.82, 2.24) is 14.9 Å². The summed E-state index contributed by atoms with van der Waals surface area (Å²) in [6.45, 7) is 10.2. The van der Waals surface area contributed by atoms with Crippen LogP contribution in [0.3, 0.4) is 0 Å². The number of carbonyl (C=O) groups excluding carboxylic acids is 1. The highest BCUT2D eigenvalue weighted by atomic mass is 16.2. The van der Waals surface area contributed by atoms with Crippen LogP contribution in [0.4, 0.5) is 5.69 Å². The first-order valence-corrected chi connectivity index (χ1v) is 9.59. The molecule has 0 aliphatic carbocycles. The Morgan fingerprint density at radius 2 is 2.00 bits per heavy atom. The van der Waals surface area contributed by atoms with Crippen molar-refractivity contribution >= 4 is 11.6 Å². The summed E-state index contributed by atoms with van der Waals surface area (Å²) in [5.41, 5.74) is 3.40. The smallest absolute Gasteiger partial charge is 0.254 e. The van der Waals surface area contributed by atoms with Crippen molar-refractivity contribution in [2.24, 2.45) is 0 Å². The Balaban J connectivity index is 1.71. The van der Waals surface area contributed by atoms with E-state index >= 15 is 0 Å². The molecule has 1 saturated heterocycles. The number of aromatic nitrogens is 2. The highest BCUT2D eigenvalue weighted by molar-refractivity contribution is 5.79. The molecule has 1 aromatic carbocycles. The van der Waals surface area contributed by atoms with Crippen LogP contribution >= 0.6 is 0 Å². The first-order chi connectivity index (χ1) is 12.9. The molecule has 2 heterocycles. The monoisotopic (exact) mass is 368 g/mol. The van der Waals surface area contributed by atoms with E-state index in [2.05, 4.69) is 40.8 Å². The van der Waals surface area contributed by atoms with Crippen molar-refractivity contribution in [3.05, 3.63) is 57.3 Å². The molecule has 1 amide bonds. The van der Waals surface area contributed by atoms with Crippen LogP contribution in [0.25, 0.3) is 0 Å². The maximum atomic E-state index is 12.9. The lowest BCUT2D eigenvalue weighted by Gasteiger charge is -2.41. The first kappa shape index (κ1) is 19.1. The van der Waals surface area contributed by atoms with E-state index in [-0.39, 0.29) is 23.9 Å². The van der Waals surface area contributed by atoms with Crippen molar-refractivity contribution in [3.8, 4) is 0 Å². The number of hydrogen-bond acceptors (Lipinski definition) is 4. The van der Waals surface area contributed by atoms with Gasteiger partial charge >= 0.3 is 0 Å². The summed E-state index contributed by atoms with van der Waals surface area (Å²) >= 11 is 0. The summed E-state index contributed by atoms with van der Waals surface area (Å²) in [4.78, 5) is 36.6. The van der Waals surface area contributed by atoms with E-state index in [9.17, 15) is 9.59 Å². The fraction of sp³-hybridized carbons (Fsp3) is 0.476. The van der Waals surface area contributed by atoms with Crippen LogP contribution in [0.1, 0.15) is 36.5 Å². The van der Waals surface area contributed by atoms with Gasteiger partial charge in [-0.3, -0.25) is 9.59 Å². The number of piperazine rings is 1. The molecule has 6 heteroatoms. The highest BCUT2D eigenvalue weighted by Crippen LogP contribution is 2.23. The fourth-order valence-corrected chi connectivity index (χ4v) is 3.76. The number of amides is 1. The summed E-state index contributed by atoms with van der Waals surface area (Å²) in [6.07, 6.45) is 0.773. The Morgan fingerprint density at radius 3 is 2.63 bits per heavy atom. The SMILES string of the molecule is CCc1nc(C)c(CC(=O)N2CCN(c3ccccc3C)CC2C)c(=O)[nH]1. The number of aryl methyl sites for hydroxylation is 3. The second-order valence-corrected chi connectivity index (χ2v) is 7.28. The minimum absolute atomic E-state index is 0.00779. The number of rotatable bonds is 4. The molecule has 1 aliphatic heterocycles. The van der Waals surface area contributed by atoms with Gasteiger partial charge in [0, 0.05) is 49.0 Å². The van der Waals surface area contributed by atoms with Crippen LogP contribution in [0.2, 0.25) is 0 Å². The van der Waals surface area contributed by atoms with E-state index in [1.807, 2.05) is 24.0 Å². The van der Waals surface area contributed by atoms with Crippen LogP contribution in [0, 0.1) is 13.8 Å². The average Bonchev–Trinajstić information content (AvgIpc) is 2.64. The number of carbonyl (C=O) groups is 1. The molecule has 3 rings (SSSR count). The third-order valence-electron chi connectivity index (χ3n) is 5.34. The van der Waals surface area contributed by atoms with Gasteiger partial charge in [-0.15, -0.1) is 0 Å². The van der Waals surface area contributed by atoms with Gasteiger partial charge in [-0.25, -0.2) is 4.98 Å². The molecule has 1 aliphatic rings. The quantitative estimate of drug-likeness (QED) is 0.898. The molecule has 1 atom stereocenters. The van der Waals surface area contributed by atoms with E-state index in [0.29, 0.717) is 30.0 Å². The molecule has 1 unspecified atom stereocenters. The third kappa shape index (κ3) is 4.04. The number of nitrogens with one attached hydrogen (secondary N) is 1. The summed E-state index contributed by atoms with van der Waals surface area (Å²) in [6, 6.07) is 8.42. The normalized spacial score (nSPS) is 17.3. The van der Waals surface area contributed by atoms with Gasteiger partial charge < -0.3 is 14.8 Å². The van der Waals surface area contributed by atoms with E-state index < -0.39 is 0 Å². The minimum atomic E-state index is -0.195. The van der Waals surface area contributed by atoms with E-state index in [4.69, 9.17) is 0 Å². The summed E-state index contributed by atoms with van der Waals surface area (Å²) in [5.74, 6) is 0.653. The standard InChI is InChI=1S/C21H28N4O2/c1-5-19-22-16(4)17(21(27)23-19)12-20(26)25-11-10-24(13-15(25)3)18-9-7-6-8-14(18)2/h6-9,15H,5,10-13H2,1-4H3,(H,22,23,27). The molecule has 0 spiro atoms. The second kappa shape index (κ2) is 7.94. The molecule has 1 N–H and O–H groups in total. The van der Waals surface area contributed by atoms with Gasteiger partial charge in [-0.05, 0) is 32.4 Å². The van der Waals surface area contributed by atoms with E-state index in [1.54, 1.807) is 6.92 Å². The van der Waals surface area contributed by atoms with Gasteiger partial charge in [0.25, 0.3) is 5.56 Å². The molecule has 27 heavy (non-hydrogen) atoms. The molecule has 1 aromatic heterocycles. The summed E-state index contributed by atoms with van der Waals surface area (Å²) < 4.78 is 0. The number of hydrogen-bond donors (Lipinski definition) is 1. The third-order valence-corrected chi connectivity index (χ3v) is 5.34. The lowest BCUT2D eigenvalue weighted by Crippen LogP contribution is -2.54. The molecule has 144 valence electrons.